The lowest BCUT2D eigenvalue weighted by Crippen LogP contribution is -2.00. The highest BCUT2D eigenvalue weighted by Gasteiger charge is 2.08. The predicted octanol–water partition coefficient (Wildman–Crippen LogP) is 4.20. The van der Waals surface area contributed by atoms with Crippen LogP contribution in [0.3, 0.4) is 0 Å². The molecule has 5 heteroatoms. The van der Waals surface area contributed by atoms with Crippen molar-refractivity contribution in [3.63, 3.8) is 0 Å². The van der Waals surface area contributed by atoms with Gasteiger partial charge < -0.3 is 11.1 Å². The number of halogens is 3. The topological polar surface area (TPSA) is 38.0 Å². The van der Waals surface area contributed by atoms with Crippen molar-refractivity contribution in [2.75, 3.05) is 11.1 Å². The van der Waals surface area contributed by atoms with Gasteiger partial charge >= 0.3 is 0 Å². The molecule has 94 valence electrons. The van der Waals surface area contributed by atoms with Crippen LogP contribution in [0.2, 0.25) is 0 Å². The molecule has 0 heterocycles. The van der Waals surface area contributed by atoms with Gasteiger partial charge in [-0.15, -0.1) is 0 Å². The zero-order valence-corrected chi connectivity index (χ0v) is 11.8. The summed E-state index contributed by atoms with van der Waals surface area (Å²) in [7, 11) is 0. The molecule has 0 aromatic heterocycles. The number of aryl methyl sites for hydroxylation is 1. The Bertz CT molecular complexity index is 600. The Kier molecular flexibility index (Phi) is 3.70. The second-order valence-corrected chi connectivity index (χ2v) is 5.12. The minimum absolute atomic E-state index is 0.280. The van der Waals surface area contributed by atoms with E-state index in [0.717, 1.165) is 5.56 Å². The SMILES string of the molecule is Cc1ccc(F)c(Nc2cc(F)c(I)cc2N)c1. The van der Waals surface area contributed by atoms with Gasteiger partial charge in [0.25, 0.3) is 0 Å². The molecule has 0 unspecified atom stereocenters. The fourth-order valence-electron chi connectivity index (χ4n) is 1.55. The van der Waals surface area contributed by atoms with Gasteiger partial charge in [0.05, 0.1) is 20.6 Å². The van der Waals surface area contributed by atoms with Crippen molar-refractivity contribution in [1.29, 1.82) is 0 Å². The molecule has 0 spiro atoms. The maximum atomic E-state index is 13.6. The van der Waals surface area contributed by atoms with E-state index in [1.54, 1.807) is 12.1 Å². The lowest BCUT2D eigenvalue weighted by atomic mass is 10.2. The minimum atomic E-state index is -0.404. The lowest BCUT2D eigenvalue weighted by Gasteiger charge is -2.11. The molecule has 2 nitrogen and oxygen atoms in total. The van der Waals surface area contributed by atoms with Gasteiger partial charge in [0, 0.05) is 6.07 Å². The second kappa shape index (κ2) is 5.09. The first-order valence-electron chi connectivity index (χ1n) is 5.25. The summed E-state index contributed by atoms with van der Waals surface area (Å²) in [4.78, 5) is 0. The highest BCUT2D eigenvalue weighted by atomic mass is 127. The average Bonchev–Trinajstić information content (AvgIpc) is 2.30. The number of hydrogen-bond acceptors (Lipinski definition) is 2. The van der Waals surface area contributed by atoms with Crippen LogP contribution < -0.4 is 11.1 Å². The van der Waals surface area contributed by atoms with Crippen molar-refractivity contribution in [1.82, 2.24) is 0 Å². The third-order valence-electron chi connectivity index (χ3n) is 2.48. The zero-order chi connectivity index (χ0) is 13.3. The third-order valence-corrected chi connectivity index (χ3v) is 3.31. The van der Waals surface area contributed by atoms with E-state index in [9.17, 15) is 8.78 Å². The Balaban J connectivity index is 2.40. The van der Waals surface area contributed by atoms with Crippen LogP contribution in [-0.4, -0.2) is 0 Å². The third kappa shape index (κ3) is 2.72. The Hall–Kier alpha value is -1.37. The molecule has 0 aliphatic carbocycles. The monoisotopic (exact) mass is 360 g/mol. The fourth-order valence-corrected chi connectivity index (χ4v) is 2.04. The molecule has 2 aromatic rings. The van der Waals surface area contributed by atoms with Crippen LogP contribution in [0.15, 0.2) is 30.3 Å². The van der Waals surface area contributed by atoms with Gasteiger partial charge in [0.2, 0.25) is 0 Å². The fraction of sp³-hybridized carbons (Fsp3) is 0.0769. The quantitative estimate of drug-likeness (QED) is 0.622. The number of nitrogen functional groups attached to an aromatic ring is 1. The zero-order valence-electron chi connectivity index (χ0n) is 9.60. The molecule has 0 saturated heterocycles. The van der Waals surface area contributed by atoms with Crippen LogP contribution in [0.4, 0.5) is 25.8 Å². The van der Waals surface area contributed by atoms with Crippen LogP contribution in [0.1, 0.15) is 5.56 Å². The Morgan fingerprint density at radius 3 is 2.50 bits per heavy atom. The van der Waals surface area contributed by atoms with Gasteiger partial charge in [0.1, 0.15) is 11.6 Å². The summed E-state index contributed by atoms with van der Waals surface area (Å²) in [5, 5.41) is 2.81. The van der Waals surface area contributed by atoms with Gasteiger partial charge in [-0.25, -0.2) is 8.78 Å². The normalized spacial score (nSPS) is 10.4. The van der Waals surface area contributed by atoms with E-state index in [-0.39, 0.29) is 11.5 Å². The Morgan fingerprint density at radius 2 is 1.78 bits per heavy atom. The molecule has 0 fully saturated rings. The van der Waals surface area contributed by atoms with Crippen molar-refractivity contribution in [3.05, 3.63) is 51.1 Å². The smallest absolute Gasteiger partial charge is 0.146 e. The van der Waals surface area contributed by atoms with Gasteiger partial charge in [-0.2, -0.15) is 0 Å². The van der Waals surface area contributed by atoms with E-state index >= 15 is 0 Å². The molecular weight excluding hydrogens is 349 g/mol. The van der Waals surface area contributed by atoms with E-state index in [4.69, 9.17) is 5.73 Å². The molecule has 0 radical (unpaired) electrons. The van der Waals surface area contributed by atoms with Crippen molar-refractivity contribution in [2.24, 2.45) is 0 Å². The molecule has 0 bridgehead atoms. The maximum Gasteiger partial charge on any atom is 0.146 e. The van der Waals surface area contributed by atoms with Crippen LogP contribution in [-0.2, 0) is 0 Å². The molecule has 0 aliphatic rings. The number of rotatable bonds is 2. The molecule has 0 aliphatic heterocycles. The Labute approximate surface area is 117 Å². The minimum Gasteiger partial charge on any atom is -0.397 e. The van der Waals surface area contributed by atoms with Crippen molar-refractivity contribution >= 4 is 39.7 Å². The lowest BCUT2D eigenvalue weighted by molar-refractivity contribution is 0.620. The van der Waals surface area contributed by atoms with Crippen LogP contribution in [0.5, 0.6) is 0 Å². The Morgan fingerprint density at radius 1 is 1.06 bits per heavy atom. The van der Waals surface area contributed by atoms with Crippen LogP contribution in [0.25, 0.3) is 0 Å². The highest BCUT2D eigenvalue weighted by Crippen LogP contribution is 2.28. The molecule has 3 N–H and O–H groups in total. The summed E-state index contributed by atoms with van der Waals surface area (Å²) in [6.07, 6.45) is 0. The van der Waals surface area contributed by atoms with E-state index in [0.29, 0.717) is 14.9 Å². The first-order chi connectivity index (χ1) is 8.47. The maximum absolute atomic E-state index is 13.6. The van der Waals surface area contributed by atoms with E-state index in [2.05, 4.69) is 5.32 Å². The van der Waals surface area contributed by atoms with Gasteiger partial charge in [-0.05, 0) is 53.3 Å². The number of anilines is 3. The van der Waals surface area contributed by atoms with Gasteiger partial charge in [0.15, 0.2) is 0 Å². The molecule has 2 aromatic carbocycles. The molecule has 0 saturated carbocycles. The summed E-state index contributed by atoms with van der Waals surface area (Å²) in [5.41, 5.74) is 7.69. The van der Waals surface area contributed by atoms with Crippen molar-refractivity contribution < 1.29 is 8.78 Å². The largest absolute Gasteiger partial charge is 0.397 e. The second-order valence-electron chi connectivity index (χ2n) is 3.96. The number of nitrogens with two attached hydrogens (primary N) is 1. The molecule has 0 amide bonds. The molecule has 18 heavy (non-hydrogen) atoms. The van der Waals surface area contributed by atoms with Crippen molar-refractivity contribution in [2.45, 2.75) is 6.92 Å². The van der Waals surface area contributed by atoms with Gasteiger partial charge in [-0.1, -0.05) is 6.07 Å². The van der Waals surface area contributed by atoms with E-state index < -0.39 is 5.82 Å². The van der Waals surface area contributed by atoms with Crippen LogP contribution >= 0.6 is 22.6 Å². The summed E-state index contributed by atoms with van der Waals surface area (Å²) in [6.45, 7) is 1.85. The summed E-state index contributed by atoms with van der Waals surface area (Å²) >= 11 is 1.85. The summed E-state index contributed by atoms with van der Waals surface area (Å²) in [6, 6.07) is 7.44. The summed E-state index contributed by atoms with van der Waals surface area (Å²) in [5.74, 6) is -0.792. The average molecular weight is 360 g/mol. The highest BCUT2D eigenvalue weighted by molar-refractivity contribution is 14.1. The summed E-state index contributed by atoms with van der Waals surface area (Å²) < 4.78 is 27.4. The predicted molar refractivity (Wildman–Crippen MR) is 77.9 cm³/mol. The number of nitrogens with one attached hydrogen (secondary N) is 1. The van der Waals surface area contributed by atoms with E-state index in [1.807, 2.05) is 29.5 Å². The van der Waals surface area contributed by atoms with E-state index in [1.165, 1.54) is 18.2 Å². The molecular formula is C13H11F2IN2. The van der Waals surface area contributed by atoms with Crippen molar-refractivity contribution in [3.8, 4) is 0 Å². The molecule has 0 atom stereocenters. The first kappa shape index (κ1) is 13.1. The standard InChI is InChI=1S/C13H11F2IN2/c1-7-2-3-8(14)12(4-7)18-13-5-9(15)10(16)6-11(13)17/h2-6,18H,17H2,1H3. The van der Waals surface area contributed by atoms with Crippen LogP contribution in [0, 0.1) is 22.1 Å². The number of benzene rings is 2. The van der Waals surface area contributed by atoms with Gasteiger partial charge in [-0.3, -0.25) is 0 Å². The number of hydrogen-bond donors (Lipinski definition) is 2. The first-order valence-corrected chi connectivity index (χ1v) is 6.33. The molecule has 2 rings (SSSR count).